The van der Waals surface area contributed by atoms with Crippen LogP contribution in [0.3, 0.4) is 0 Å². The number of amides is 1. The van der Waals surface area contributed by atoms with Crippen LogP contribution in [-0.2, 0) is 6.54 Å². The number of H-pyrrole nitrogens is 2. The van der Waals surface area contributed by atoms with Crippen LogP contribution in [0.4, 0.5) is 13.2 Å². The van der Waals surface area contributed by atoms with E-state index < -0.39 is 35.0 Å². The van der Waals surface area contributed by atoms with Crippen molar-refractivity contribution in [1.82, 2.24) is 19.9 Å². The average molecular weight is 550 g/mol. The Balaban J connectivity index is 1.38. The summed E-state index contributed by atoms with van der Waals surface area (Å²) in [4.78, 5) is 43.1. The fourth-order valence-electron chi connectivity index (χ4n) is 4.18. The van der Waals surface area contributed by atoms with Crippen molar-refractivity contribution in [3.05, 3.63) is 128 Å². The van der Waals surface area contributed by atoms with Crippen molar-refractivity contribution in [1.29, 1.82) is 0 Å². The molecule has 0 saturated carbocycles. The highest BCUT2D eigenvalue weighted by Gasteiger charge is 2.20. The molecular formula is C28H21F3N4O5. The molecule has 0 saturated heterocycles. The standard InChI is InChI=1S/C28H21F3N4O5/c29-20-10-15(11-21(30)25(20)31)13-35-9-1-2-19(27(35)38)26(37)32-24(16-3-5-17(36)6-4-16)14-40-18-7-8-22-23(12-18)34-28(39)33-22/h1-12,24,36H,13-14H2,(H,32,37)(H2,33,34,39)/t24-/m0/s1. The van der Waals surface area contributed by atoms with Gasteiger partial charge in [-0.1, -0.05) is 12.1 Å². The van der Waals surface area contributed by atoms with Crippen molar-refractivity contribution in [3.63, 3.8) is 0 Å². The van der Waals surface area contributed by atoms with E-state index in [0.717, 1.165) is 16.7 Å². The van der Waals surface area contributed by atoms with E-state index in [-0.39, 0.29) is 35.7 Å². The Bertz CT molecular complexity index is 1810. The molecule has 2 heterocycles. The van der Waals surface area contributed by atoms with E-state index in [1.807, 2.05) is 0 Å². The highest BCUT2D eigenvalue weighted by atomic mass is 19.2. The van der Waals surface area contributed by atoms with Gasteiger partial charge in [0.2, 0.25) is 0 Å². The second kappa shape index (κ2) is 10.8. The fourth-order valence-corrected chi connectivity index (χ4v) is 4.18. The van der Waals surface area contributed by atoms with Crippen molar-refractivity contribution in [2.45, 2.75) is 12.6 Å². The van der Waals surface area contributed by atoms with Gasteiger partial charge in [0.25, 0.3) is 11.5 Å². The molecule has 0 fully saturated rings. The van der Waals surface area contributed by atoms with Crippen molar-refractivity contribution in [2.24, 2.45) is 0 Å². The SMILES string of the molecule is O=C(N[C@@H](COc1ccc2[nH]c(=O)[nH]c2c1)c1ccc(O)cc1)c1cccn(Cc2cc(F)c(F)c(F)c2)c1=O. The lowest BCUT2D eigenvalue weighted by atomic mass is 10.1. The zero-order chi connectivity index (χ0) is 28.4. The molecule has 0 radical (unpaired) electrons. The minimum Gasteiger partial charge on any atom is -0.508 e. The normalized spacial score (nSPS) is 11.9. The Morgan fingerprint density at radius 2 is 1.65 bits per heavy atom. The lowest BCUT2D eigenvalue weighted by Crippen LogP contribution is -2.37. The smallest absolute Gasteiger partial charge is 0.323 e. The van der Waals surface area contributed by atoms with Crippen LogP contribution in [0.25, 0.3) is 11.0 Å². The number of pyridine rings is 1. The number of benzene rings is 3. The number of aromatic nitrogens is 3. The third-order valence-electron chi connectivity index (χ3n) is 6.17. The Morgan fingerprint density at radius 1 is 0.950 bits per heavy atom. The third kappa shape index (κ3) is 5.60. The van der Waals surface area contributed by atoms with E-state index in [0.29, 0.717) is 22.3 Å². The number of imidazole rings is 1. The van der Waals surface area contributed by atoms with Crippen LogP contribution < -0.4 is 21.3 Å². The molecule has 0 bridgehead atoms. The van der Waals surface area contributed by atoms with Gasteiger partial charge in [0.1, 0.15) is 23.7 Å². The molecule has 0 aliphatic rings. The molecule has 2 aromatic heterocycles. The highest BCUT2D eigenvalue weighted by molar-refractivity contribution is 5.94. The number of phenols is 1. The monoisotopic (exact) mass is 550 g/mol. The van der Waals surface area contributed by atoms with E-state index in [4.69, 9.17) is 4.74 Å². The van der Waals surface area contributed by atoms with Gasteiger partial charge in [0.05, 0.1) is 23.6 Å². The first kappa shape index (κ1) is 26.4. The molecule has 0 aliphatic heterocycles. The molecule has 12 heteroatoms. The highest BCUT2D eigenvalue weighted by Crippen LogP contribution is 2.22. The van der Waals surface area contributed by atoms with Gasteiger partial charge >= 0.3 is 5.69 Å². The van der Waals surface area contributed by atoms with Crippen LogP contribution in [0.2, 0.25) is 0 Å². The number of hydrogen-bond acceptors (Lipinski definition) is 5. The Kier molecular flexibility index (Phi) is 7.15. The van der Waals surface area contributed by atoms with Crippen LogP contribution in [0.15, 0.2) is 82.5 Å². The molecule has 5 rings (SSSR count). The number of carbonyl (C=O) groups excluding carboxylic acids is 1. The number of nitrogens with zero attached hydrogens (tertiary/aromatic N) is 1. The number of aromatic hydroxyl groups is 1. The number of aromatic amines is 2. The lowest BCUT2D eigenvalue weighted by molar-refractivity contribution is 0.0919. The van der Waals surface area contributed by atoms with Crippen LogP contribution in [0, 0.1) is 17.5 Å². The fraction of sp³-hybridized carbons (Fsp3) is 0.107. The van der Waals surface area contributed by atoms with E-state index >= 15 is 0 Å². The van der Waals surface area contributed by atoms with E-state index in [1.165, 1.54) is 30.5 Å². The van der Waals surface area contributed by atoms with Crippen molar-refractivity contribution >= 4 is 16.9 Å². The summed E-state index contributed by atoms with van der Waals surface area (Å²) in [6.45, 7) is -0.381. The largest absolute Gasteiger partial charge is 0.508 e. The summed E-state index contributed by atoms with van der Waals surface area (Å²) in [5.74, 6) is -4.74. The summed E-state index contributed by atoms with van der Waals surface area (Å²) in [5.41, 5.74) is 0.316. The van der Waals surface area contributed by atoms with Gasteiger partial charge in [0, 0.05) is 12.3 Å². The van der Waals surface area contributed by atoms with Gasteiger partial charge < -0.3 is 29.7 Å². The molecule has 0 aliphatic carbocycles. The van der Waals surface area contributed by atoms with Crippen LogP contribution >= 0.6 is 0 Å². The van der Waals surface area contributed by atoms with Crippen LogP contribution in [0.5, 0.6) is 11.5 Å². The number of rotatable bonds is 8. The lowest BCUT2D eigenvalue weighted by Gasteiger charge is -2.20. The zero-order valence-corrected chi connectivity index (χ0v) is 20.6. The summed E-state index contributed by atoms with van der Waals surface area (Å²) >= 11 is 0. The number of carbonyl (C=O) groups is 1. The quantitative estimate of drug-likeness (QED) is 0.219. The maximum atomic E-state index is 13.6. The maximum Gasteiger partial charge on any atom is 0.323 e. The molecule has 4 N–H and O–H groups in total. The van der Waals surface area contributed by atoms with Crippen molar-refractivity contribution in [2.75, 3.05) is 6.61 Å². The van der Waals surface area contributed by atoms with Crippen molar-refractivity contribution in [3.8, 4) is 11.5 Å². The molecule has 0 spiro atoms. The van der Waals surface area contributed by atoms with Gasteiger partial charge in [-0.05, 0) is 59.7 Å². The molecule has 0 unspecified atom stereocenters. The van der Waals surface area contributed by atoms with E-state index in [1.54, 1.807) is 30.3 Å². The average Bonchev–Trinajstić information content (AvgIpc) is 3.30. The number of halogens is 3. The summed E-state index contributed by atoms with van der Waals surface area (Å²) in [6.07, 6.45) is 1.33. The minimum absolute atomic E-state index is 0.00726. The number of hydrogen-bond donors (Lipinski definition) is 4. The predicted octanol–water partition coefficient (Wildman–Crippen LogP) is 3.74. The van der Waals surface area contributed by atoms with Crippen LogP contribution in [-0.4, -0.2) is 32.2 Å². The number of ether oxygens (including phenoxy) is 1. The van der Waals surface area contributed by atoms with Gasteiger partial charge in [-0.15, -0.1) is 0 Å². The first-order chi connectivity index (χ1) is 19.2. The summed E-state index contributed by atoms with van der Waals surface area (Å²) in [5, 5.41) is 12.4. The van der Waals surface area contributed by atoms with Gasteiger partial charge in [-0.2, -0.15) is 0 Å². The molecule has 3 aromatic carbocycles. The number of nitrogens with one attached hydrogen (secondary N) is 3. The first-order valence-corrected chi connectivity index (χ1v) is 12.0. The second-order valence-corrected chi connectivity index (χ2v) is 8.94. The van der Waals surface area contributed by atoms with Gasteiger partial charge in [-0.25, -0.2) is 18.0 Å². The molecule has 1 atom stereocenters. The van der Waals surface area contributed by atoms with Gasteiger partial charge in [-0.3, -0.25) is 9.59 Å². The summed E-state index contributed by atoms with van der Waals surface area (Å²) in [7, 11) is 0. The number of phenolic OH excluding ortho intramolecular Hbond substituents is 1. The van der Waals surface area contributed by atoms with Gasteiger partial charge in [0.15, 0.2) is 17.5 Å². The predicted molar refractivity (Wildman–Crippen MR) is 139 cm³/mol. The second-order valence-electron chi connectivity index (χ2n) is 8.94. The van der Waals surface area contributed by atoms with Crippen LogP contribution in [0.1, 0.15) is 27.5 Å². The minimum atomic E-state index is -1.62. The summed E-state index contributed by atoms with van der Waals surface area (Å²) < 4.78 is 47.5. The van der Waals surface area contributed by atoms with Crippen molar-refractivity contribution < 1.29 is 27.8 Å². The zero-order valence-electron chi connectivity index (χ0n) is 20.6. The summed E-state index contributed by atoms with van der Waals surface area (Å²) in [6, 6.07) is 14.4. The molecule has 5 aromatic rings. The topological polar surface area (TPSA) is 129 Å². The molecule has 1 amide bonds. The molecule has 9 nitrogen and oxygen atoms in total. The third-order valence-corrected chi connectivity index (χ3v) is 6.17. The van der Waals surface area contributed by atoms with E-state index in [9.17, 15) is 32.7 Å². The Hall–Kier alpha value is -5.26. The Labute approximate surface area is 223 Å². The van der Waals surface area contributed by atoms with E-state index in [2.05, 4.69) is 15.3 Å². The molecule has 40 heavy (non-hydrogen) atoms. The number of fused-ring (bicyclic) bond motifs is 1. The first-order valence-electron chi connectivity index (χ1n) is 12.0. The Morgan fingerprint density at radius 3 is 2.38 bits per heavy atom. The molecule has 204 valence electrons. The maximum absolute atomic E-state index is 13.6. The molecular weight excluding hydrogens is 529 g/mol.